The number of rotatable bonds is 3. The van der Waals surface area contributed by atoms with Crippen molar-refractivity contribution in [1.29, 1.82) is 0 Å². The standard InChI is InChI=1S/C9H18N2O3S/c10-6(4-12)9(14)11-5-1-2-7(13)8(15)3-5/h5-8,12-13,15H,1-4,10H2,(H,11,14)/t5-,6+,7+,8+/m1/s1. The maximum Gasteiger partial charge on any atom is 0.239 e. The number of nitrogens with one attached hydrogen (secondary N) is 1. The zero-order valence-corrected chi connectivity index (χ0v) is 9.36. The van der Waals surface area contributed by atoms with Crippen molar-refractivity contribution in [2.45, 2.75) is 42.7 Å². The molecule has 1 rings (SSSR count). The summed E-state index contributed by atoms with van der Waals surface area (Å²) in [6, 6.07) is -0.865. The van der Waals surface area contributed by atoms with Gasteiger partial charge < -0.3 is 21.3 Å². The second kappa shape index (κ2) is 5.69. The van der Waals surface area contributed by atoms with Gasteiger partial charge >= 0.3 is 0 Å². The molecule has 88 valence electrons. The molecule has 0 heterocycles. The number of aliphatic hydroxyl groups excluding tert-OH is 2. The summed E-state index contributed by atoms with van der Waals surface area (Å²) in [7, 11) is 0. The van der Waals surface area contributed by atoms with Gasteiger partial charge in [0.05, 0.1) is 12.7 Å². The van der Waals surface area contributed by atoms with Gasteiger partial charge in [0, 0.05) is 11.3 Å². The van der Waals surface area contributed by atoms with Gasteiger partial charge in [0.15, 0.2) is 0 Å². The molecule has 0 spiro atoms. The minimum Gasteiger partial charge on any atom is -0.394 e. The molecule has 1 amide bonds. The van der Waals surface area contributed by atoms with E-state index in [0.717, 1.165) is 6.42 Å². The van der Waals surface area contributed by atoms with Crippen LogP contribution in [0.4, 0.5) is 0 Å². The highest BCUT2D eigenvalue weighted by Crippen LogP contribution is 2.23. The zero-order valence-electron chi connectivity index (χ0n) is 8.47. The molecule has 1 aliphatic rings. The monoisotopic (exact) mass is 234 g/mol. The largest absolute Gasteiger partial charge is 0.394 e. The Hall–Kier alpha value is -0.300. The molecule has 0 unspecified atom stereocenters. The summed E-state index contributed by atoms with van der Waals surface area (Å²) in [6.45, 7) is -0.356. The fraction of sp³-hybridized carbons (Fsp3) is 0.889. The first-order chi connectivity index (χ1) is 7.04. The molecule has 0 radical (unpaired) electrons. The topological polar surface area (TPSA) is 95.6 Å². The van der Waals surface area contributed by atoms with Crippen LogP contribution in [-0.4, -0.2) is 46.2 Å². The second-order valence-corrected chi connectivity index (χ2v) is 4.61. The van der Waals surface area contributed by atoms with Gasteiger partial charge in [-0.1, -0.05) is 0 Å². The van der Waals surface area contributed by atoms with Crippen LogP contribution in [0, 0.1) is 0 Å². The quantitative estimate of drug-likeness (QED) is 0.390. The number of hydrogen-bond donors (Lipinski definition) is 5. The third-order valence-electron chi connectivity index (χ3n) is 2.66. The minimum absolute atomic E-state index is 0.000926. The van der Waals surface area contributed by atoms with Crippen molar-refractivity contribution in [2.24, 2.45) is 5.73 Å². The molecule has 0 aromatic carbocycles. The van der Waals surface area contributed by atoms with Gasteiger partial charge in [-0.15, -0.1) is 0 Å². The van der Waals surface area contributed by atoms with E-state index >= 15 is 0 Å². The molecular weight excluding hydrogens is 216 g/mol. The number of aliphatic hydroxyl groups is 2. The molecule has 0 saturated heterocycles. The molecule has 0 aliphatic heterocycles. The van der Waals surface area contributed by atoms with Gasteiger partial charge in [0.1, 0.15) is 6.04 Å². The van der Waals surface area contributed by atoms with E-state index in [9.17, 15) is 9.90 Å². The van der Waals surface area contributed by atoms with Crippen molar-refractivity contribution in [2.75, 3.05) is 6.61 Å². The Labute approximate surface area is 94.4 Å². The average molecular weight is 234 g/mol. The number of carbonyl (C=O) groups is 1. The molecule has 4 atom stereocenters. The number of carbonyl (C=O) groups excluding carboxylic acids is 1. The Balaban J connectivity index is 2.36. The van der Waals surface area contributed by atoms with Crippen molar-refractivity contribution >= 4 is 18.5 Å². The lowest BCUT2D eigenvalue weighted by Crippen LogP contribution is -2.50. The molecule has 0 aromatic rings. The molecule has 6 heteroatoms. The summed E-state index contributed by atoms with van der Waals surface area (Å²) >= 11 is 4.23. The Kier molecular flexibility index (Phi) is 4.85. The van der Waals surface area contributed by atoms with E-state index in [2.05, 4.69) is 17.9 Å². The van der Waals surface area contributed by atoms with Gasteiger partial charge in [-0.25, -0.2) is 0 Å². The SMILES string of the molecule is N[C@@H](CO)C(=O)N[C@@H]1CC[C@H](O)[C@@H](S)C1. The molecule has 1 aliphatic carbocycles. The normalized spacial score (nSPS) is 33.5. The van der Waals surface area contributed by atoms with Crippen molar-refractivity contribution in [3.63, 3.8) is 0 Å². The number of thiol groups is 1. The molecule has 0 aromatic heterocycles. The molecule has 15 heavy (non-hydrogen) atoms. The lowest BCUT2D eigenvalue weighted by molar-refractivity contribution is -0.124. The Morgan fingerprint density at radius 2 is 2.27 bits per heavy atom. The van der Waals surface area contributed by atoms with Crippen molar-refractivity contribution in [1.82, 2.24) is 5.32 Å². The Morgan fingerprint density at radius 3 is 2.80 bits per heavy atom. The summed E-state index contributed by atoms with van der Waals surface area (Å²) in [5.74, 6) is -0.348. The third kappa shape index (κ3) is 3.64. The summed E-state index contributed by atoms with van der Waals surface area (Å²) in [5, 5.41) is 20.8. The van der Waals surface area contributed by atoms with Crippen molar-refractivity contribution < 1.29 is 15.0 Å². The fourth-order valence-corrected chi connectivity index (χ4v) is 2.06. The van der Waals surface area contributed by atoms with Crippen LogP contribution in [0.2, 0.25) is 0 Å². The van der Waals surface area contributed by atoms with Crippen LogP contribution in [0.1, 0.15) is 19.3 Å². The Morgan fingerprint density at radius 1 is 1.60 bits per heavy atom. The van der Waals surface area contributed by atoms with Gasteiger partial charge in [-0.3, -0.25) is 4.79 Å². The molecule has 1 fully saturated rings. The van der Waals surface area contributed by atoms with Crippen LogP contribution in [0.15, 0.2) is 0 Å². The van der Waals surface area contributed by atoms with E-state index < -0.39 is 12.1 Å². The molecule has 5 nitrogen and oxygen atoms in total. The number of hydrogen-bond acceptors (Lipinski definition) is 5. The van der Waals surface area contributed by atoms with Gasteiger partial charge in [-0.05, 0) is 19.3 Å². The first-order valence-electron chi connectivity index (χ1n) is 5.07. The predicted molar refractivity (Wildman–Crippen MR) is 59.6 cm³/mol. The van der Waals surface area contributed by atoms with E-state index in [1.54, 1.807) is 0 Å². The van der Waals surface area contributed by atoms with Crippen molar-refractivity contribution in [3.05, 3.63) is 0 Å². The van der Waals surface area contributed by atoms with Crippen LogP contribution in [0.5, 0.6) is 0 Å². The highest BCUT2D eigenvalue weighted by molar-refractivity contribution is 7.81. The van der Waals surface area contributed by atoms with Crippen LogP contribution in [0.25, 0.3) is 0 Å². The summed E-state index contributed by atoms with van der Waals surface area (Å²) in [5.41, 5.74) is 5.37. The first kappa shape index (κ1) is 12.8. The molecular formula is C9H18N2O3S. The van der Waals surface area contributed by atoms with Crippen LogP contribution in [0.3, 0.4) is 0 Å². The van der Waals surface area contributed by atoms with Gasteiger partial charge in [0.25, 0.3) is 0 Å². The maximum atomic E-state index is 11.3. The first-order valence-corrected chi connectivity index (χ1v) is 5.59. The molecule has 5 N–H and O–H groups in total. The minimum atomic E-state index is -0.866. The van der Waals surface area contributed by atoms with Crippen LogP contribution < -0.4 is 11.1 Å². The fourth-order valence-electron chi connectivity index (χ4n) is 1.65. The third-order valence-corrected chi connectivity index (χ3v) is 3.22. The van der Waals surface area contributed by atoms with E-state index in [1.165, 1.54) is 0 Å². The zero-order chi connectivity index (χ0) is 11.4. The van der Waals surface area contributed by atoms with Gasteiger partial charge in [-0.2, -0.15) is 12.6 Å². The van der Waals surface area contributed by atoms with Crippen LogP contribution in [-0.2, 0) is 4.79 Å². The lowest BCUT2D eigenvalue weighted by Gasteiger charge is -2.31. The summed E-state index contributed by atoms with van der Waals surface area (Å²) in [4.78, 5) is 11.3. The lowest BCUT2D eigenvalue weighted by atomic mass is 9.92. The molecule has 1 saturated carbocycles. The van der Waals surface area contributed by atoms with E-state index in [-0.39, 0.29) is 23.8 Å². The average Bonchev–Trinajstić information content (AvgIpc) is 2.22. The second-order valence-electron chi connectivity index (χ2n) is 3.94. The van der Waals surface area contributed by atoms with E-state index in [1.807, 2.05) is 0 Å². The smallest absolute Gasteiger partial charge is 0.239 e. The highest BCUT2D eigenvalue weighted by Gasteiger charge is 2.28. The molecule has 0 bridgehead atoms. The van der Waals surface area contributed by atoms with E-state index in [4.69, 9.17) is 10.8 Å². The number of nitrogens with two attached hydrogens (primary N) is 1. The summed E-state index contributed by atoms with van der Waals surface area (Å²) < 4.78 is 0. The van der Waals surface area contributed by atoms with Crippen molar-refractivity contribution in [3.8, 4) is 0 Å². The highest BCUT2D eigenvalue weighted by atomic mass is 32.1. The Bertz CT molecular complexity index is 227. The van der Waals surface area contributed by atoms with Crippen LogP contribution >= 0.6 is 12.6 Å². The predicted octanol–water partition coefficient (Wildman–Crippen LogP) is -1.37. The number of amides is 1. The maximum absolute atomic E-state index is 11.3. The van der Waals surface area contributed by atoms with Gasteiger partial charge in [0.2, 0.25) is 5.91 Å². The van der Waals surface area contributed by atoms with E-state index in [0.29, 0.717) is 12.8 Å². The summed E-state index contributed by atoms with van der Waals surface area (Å²) in [6.07, 6.45) is 1.59.